The lowest BCUT2D eigenvalue weighted by molar-refractivity contribution is 0.164. The van der Waals surface area contributed by atoms with Crippen LogP contribution in [-0.2, 0) is 7.05 Å². The van der Waals surface area contributed by atoms with E-state index < -0.39 is 0 Å². The maximum atomic E-state index is 10.2. The molecule has 1 unspecified atom stereocenters. The van der Waals surface area contributed by atoms with E-state index in [0.29, 0.717) is 0 Å². The minimum Gasteiger partial charge on any atom is -0.388 e. The number of aromatic nitrogens is 1. The van der Waals surface area contributed by atoms with Crippen molar-refractivity contribution in [2.24, 2.45) is 7.05 Å². The third-order valence-corrected chi connectivity index (χ3v) is 3.59. The maximum absolute atomic E-state index is 10.2. The molecule has 0 aliphatic heterocycles. The lowest BCUT2D eigenvalue weighted by Crippen LogP contribution is -2.02. The lowest BCUT2D eigenvalue weighted by atomic mass is 9.94. The van der Waals surface area contributed by atoms with Gasteiger partial charge in [0.25, 0.3) is 0 Å². The molecule has 88 valence electrons. The van der Waals surface area contributed by atoms with Crippen molar-refractivity contribution in [3.63, 3.8) is 0 Å². The van der Waals surface area contributed by atoms with Gasteiger partial charge < -0.3 is 9.67 Å². The smallest absolute Gasteiger partial charge is 0.0796 e. The molecule has 1 aromatic heterocycles. The Hall–Kier alpha value is -1.54. The predicted octanol–water partition coefficient (Wildman–Crippen LogP) is 3.41. The fourth-order valence-electron chi connectivity index (χ4n) is 2.58. The van der Waals surface area contributed by atoms with Gasteiger partial charge in [-0.25, -0.2) is 0 Å². The molecule has 1 aliphatic carbocycles. The highest BCUT2D eigenvalue weighted by molar-refractivity contribution is 5.84. The molecule has 1 heterocycles. The molecule has 0 saturated heterocycles. The summed E-state index contributed by atoms with van der Waals surface area (Å²) in [5.74, 6) is 0. The molecule has 2 heteroatoms. The summed E-state index contributed by atoms with van der Waals surface area (Å²) in [6, 6.07) is 6.41. The molecule has 3 rings (SSSR count). The van der Waals surface area contributed by atoms with Crippen LogP contribution in [0.5, 0.6) is 0 Å². The summed E-state index contributed by atoms with van der Waals surface area (Å²) in [4.78, 5) is 0. The van der Waals surface area contributed by atoms with E-state index in [1.54, 1.807) is 0 Å². The van der Waals surface area contributed by atoms with Gasteiger partial charge in [-0.3, -0.25) is 0 Å². The van der Waals surface area contributed by atoms with E-state index in [-0.39, 0.29) is 6.10 Å². The fourth-order valence-corrected chi connectivity index (χ4v) is 2.58. The van der Waals surface area contributed by atoms with E-state index in [1.807, 2.05) is 0 Å². The number of aryl methyl sites for hydroxylation is 1. The average Bonchev–Trinajstić information content (AvgIpc) is 2.67. The SMILES string of the molecule is Cn1ccc2cc3c(cc21)C=CCCCC3O. The van der Waals surface area contributed by atoms with Crippen LogP contribution < -0.4 is 0 Å². The van der Waals surface area contributed by atoms with Crippen molar-refractivity contribution in [3.8, 4) is 0 Å². The van der Waals surface area contributed by atoms with Crippen LogP contribution in [0.4, 0.5) is 0 Å². The summed E-state index contributed by atoms with van der Waals surface area (Å²) >= 11 is 0. The third-order valence-electron chi connectivity index (χ3n) is 3.59. The van der Waals surface area contributed by atoms with E-state index in [9.17, 15) is 5.11 Å². The van der Waals surface area contributed by atoms with Crippen molar-refractivity contribution in [2.45, 2.75) is 25.4 Å². The summed E-state index contributed by atoms with van der Waals surface area (Å²) in [5, 5.41) is 11.4. The molecule has 0 amide bonds. The van der Waals surface area contributed by atoms with Gasteiger partial charge in [-0.15, -0.1) is 0 Å². The van der Waals surface area contributed by atoms with Crippen LogP contribution in [0.25, 0.3) is 17.0 Å². The number of benzene rings is 1. The second-order valence-electron chi connectivity index (χ2n) is 4.82. The van der Waals surface area contributed by atoms with Crippen molar-refractivity contribution in [2.75, 3.05) is 0 Å². The zero-order valence-corrected chi connectivity index (χ0v) is 10.1. The first-order chi connectivity index (χ1) is 8.25. The first-order valence-electron chi connectivity index (χ1n) is 6.19. The minimum absolute atomic E-state index is 0.320. The molecular formula is C15H17NO. The van der Waals surface area contributed by atoms with Crippen LogP contribution in [-0.4, -0.2) is 9.67 Å². The highest BCUT2D eigenvalue weighted by Crippen LogP contribution is 2.30. The van der Waals surface area contributed by atoms with Crippen molar-refractivity contribution in [1.29, 1.82) is 0 Å². The number of aliphatic hydroxyl groups is 1. The molecular weight excluding hydrogens is 210 g/mol. The first kappa shape index (κ1) is 10.6. The number of allylic oxidation sites excluding steroid dienone is 1. The van der Waals surface area contributed by atoms with Crippen LogP contribution >= 0.6 is 0 Å². The molecule has 0 bridgehead atoms. The molecule has 1 aliphatic rings. The lowest BCUT2D eigenvalue weighted by Gasteiger charge is -2.16. The van der Waals surface area contributed by atoms with E-state index in [4.69, 9.17) is 0 Å². The largest absolute Gasteiger partial charge is 0.388 e. The highest BCUT2D eigenvalue weighted by Gasteiger charge is 2.14. The summed E-state index contributed by atoms with van der Waals surface area (Å²) in [5.41, 5.74) is 3.45. The van der Waals surface area contributed by atoms with Gasteiger partial charge in [-0.05, 0) is 54.0 Å². The van der Waals surface area contributed by atoms with Gasteiger partial charge in [-0.1, -0.05) is 12.2 Å². The van der Waals surface area contributed by atoms with Gasteiger partial charge in [0.2, 0.25) is 0 Å². The summed E-state index contributed by atoms with van der Waals surface area (Å²) in [6.45, 7) is 0. The Bertz CT molecular complexity index is 580. The van der Waals surface area contributed by atoms with Crippen LogP contribution in [0.3, 0.4) is 0 Å². The van der Waals surface area contributed by atoms with E-state index in [2.05, 4.69) is 48.2 Å². The topological polar surface area (TPSA) is 25.2 Å². The van der Waals surface area contributed by atoms with E-state index in [0.717, 1.165) is 30.4 Å². The van der Waals surface area contributed by atoms with Crippen LogP contribution in [0.2, 0.25) is 0 Å². The normalized spacial score (nSPS) is 20.0. The van der Waals surface area contributed by atoms with Gasteiger partial charge in [-0.2, -0.15) is 0 Å². The monoisotopic (exact) mass is 227 g/mol. The molecule has 0 radical (unpaired) electrons. The highest BCUT2D eigenvalue weighted by atomic mass is 16.3. The molecule has 2 aromatic rings. The Labute approximate surface area is 101 Å². The van der Waals surface area contributed by atoms with Crippen LogP contribution in [0.15, 0.2) is 30.5 Å². The van der Waals surface area contributed by atoms with E-state index >= 15 is 0 Å². The van der Waals surface area contributed by atoms with Gasteiger partial charge in [0.1, 0.15) is 0 Å². The molecule has 17 heavy (non-hydrogen) atoms. The zero-order chi connectivity index (χ0) is 11.8. The number of hydrogen-bond donors (Lipinski definition) is 1. The zero-order valence-electron chi connectivity index (χ0n) is 10.1. The van der Waals surface area contributed by atoms with Crippen molar-refractivity contribution >= 4 is 17.0 Å². The Morgan fingerprint density at radius 3 is 3.12 bits per heavy atom. The van der Waals surface area contributed by atoms with Gasteiger partial charge >= 0.3 is 0 Å². The molecule has 0 saturated carbocycles. The van der Waals surface area contributed by atoms with Crippen molar-refractivity contribution in [3.05, 3.63) is 41.6 Å². The number of fused-ring (bicyclic) bond motifs is 2. The molecule has 1 atom stereocenters. The average molecular weight is 227 g/mol. The van der Waals surface area contributed by atoms with Crippen molar-refractivity contribution in [1.82, 2.24) is 4.57 Å². The number of aliphatic hydroxyl groups excluding tert-OH is 1. The Morgan fingerprint density at radius 1 is 1.35 bits per heavy atom. The standard InChI is InChI=1S/C15H17NO/c1-16-8-7-12-9-13-11(10-14(12)16)5-3-2-4-6-15(13)17/h3,5,7-10,15,17H,2,4,6H2,1H3. The van der Waals surface area contributed by atoms with E-state index in [1.165, 1.54) is 10.9 Å². The second kappa shape index (κ2) is 4.04. The van der Waals surface area contributed by atoms with Crippen molar-refractivity contribution < 1.29 is 5.11 Å². The Balaban J connectivity index is 2.25. The molecule has 2 nitrogen and oxygen atoms in total. The van der Waals surface area contributed by atoms with Gasteiger partial charge in [0.15, 0.2) is 0 Å². The number of rotatable bonds is 0. The maximum Gasteiger partial charge on any atom is 0.0796 e. The molecule has 1 aromatic carbocycles. The molecule has 1 N–H and O–H groups in total. The van der Waals surface area contributed by atoms with Gasteiger partial charge in [0.05, 0.1) is 6.10 Å². The summed E-state index contributed by atoms with van der Waals surface area (Å²) in [6.07, 6.45) is 9.07. The Morgan fingerprint density at radius 2 is 2.24 bits per heavy atom. The second-order valence-corrected chi connectivity index (χ2v) is 4.82. The Kier molecular flexibility index (Phi) is 2.52. The first-order valence-corrected chi connectivity index (χ1v) is 6.19. The summed E-state index contributed by atoms with van der Waals surface area (Å²) in [7, 11) is 2.05. The van der Waals surface area contributed by atoms with Crippen LogP contribution in [0.1, 0.15) is 36.5 Å². The quantitative estimate of drug-likeness (QED) is 0.733. The molecule has 0 spiro atoms. The third kappa shape index (κ3) is 1.79. The number of nitrogens with zero attached hydrogens (tertiary/aromatic N) is 1. The summed E-state index contributed by atoms with van der Waals surface area (Å²) < 4.78 is 2.12. The fraction of sp³-hybridized carbons (Fsp3) is 0.333. The molecule has 0 fully saturated rings. The van der Waals surface area contributed by atoms with Crippen LogP contribution in [0, 0.1) is 0 Å². The van der Waals surface area contributed by atoms with Gasteiger partial charge in [0, 0.05) is 18.8 Å². The number of hydrogen-bond acceptors (Lipinski definition) is 1. The minimum atomic E-state index is -0.320. The predicted molar refractivity (Wildman–Crippen MR) is 70.8 cm³/mol.